The second-order valence-corrected chi connectivity index (χ2v) is 3.60. The summed E-state index contributed by atoms with van der Waals surface area (Å²) in [6.45, 7) is 3.85. The molecule has 0 aromatic rings. The van der Waals surface area contributed by atoms with Gasteiger partial charge in [-0.2, -0.15) is 8.78 Å². The van der Waals surface area contributed by atoms with Crippen LogP contribution in [-0.2, 0) is 4.74 Å². The second kappa shape index (κ2) is 6.82. The van der Waals surface area contributed by atoms with Gasteiger partial charge in [0.15, 0.2) is 0 Å². The third-order valence-electron chi connectivity index (χ3n) is 1.76. The number of hydrogen-bond acceptors (Lipinski definition) is 3. The van der Waals surface area contributed by atoms with Crippen molar-refractivity contribution < 1.29 is 22.3 Å². The molecule has 0 heterocycles. The molecule has 1 atom stereocenters. The summed E-state index contributed by atoms with van der Waals surface area (Å²) in [7, 11) is 0. The maximum Gasteiger partial charge on any atom is 0.330 e. The Kier molecular flexibility index (Phi) is 6.54. The van der Waals surface area contributed by atoms with Crippen LogP contribution in [0.2, 0.25) is 0 Å². The minimum atomic E-state index is -4.12. The molecule has 1 unspecified atom stereocenters. The average Bonchev–Trinajstić information content (AvgIpc) is 2.15. The Labute approximate surface area is 91.6 Å². The monoisotopic (exact) mass is 244 g/mol. The van der Waals surface area contributed by atoms with Crippen molar-refractivity contribution in [1.82, 2.24) is 5.43 Å². The first-order chi connectivity index (χ1) is 7.29. The molecule has 0 fully saturated rings. The Morgan fingerprint density at radius 2 is 2.06 bits per heavy atom. The van der Waals surface area contributed by atoms with Gasteiger partial charge in [0.2, 0.25) is 0 Å². The fraction of sp³-hybridized carbons (Fsp3) is 0.778. The van der Waals surface area contributed by atoms with Crippen molar-refractivity contribution in [1.29, 1.82) is 0 Å². The number of nitrogens with one attached hydrogen (secondary N) is 1. The number of hydrazine groups is 1. The van der Waals surface area contributed by atoms with Crippen molar-refractivity contribution in [3.63, 3.8) is 0 Å². The first-order valence-electron chi connectivity index (χ1n) is 4.63. The van der Waals surface area contributed by atoms with E-state index >= 15 is 0 Å². The first-order valence-corrected chi connectivity index (χ1v) is 4.63. The van der Waals surface area contributed by atoms with E-state index in [0.29, 0.717) is 6.42 Å². The van der Waals surface area contributed by atoms with Gasteiger partial charge in [-0.3, -0.25) is 11.3 Å². The predicted octanol–water partition coefficient (Wildman–Crippen LogP) is 1.70. The Hall–Kier alpha value is -0.660. The smallest absolute Gasteiger partial charge is 0.330 e. The molecule has 96 valence electrons. The minimum Gasteiger partial charge on any atom is -0.373 e. The topological polar surface area (TPSA) is 47.3 Å². The molecular formula is C9H16F4N2O. The van der Waals surface area contributed by atoms with E-state index in [0.717, 1.165) is 5.57 Å². The fourth-order valence-electron chi connectivity index (χ4n) is 0.987. The van der Waals surface area contributed by atoms with E-state index in [1.165, 1.54) is 0 Å². The number of alkyl halides is 4. The Bertz CT molecular complexity index is 224. The highest BCUT2D eigenvalue weighted by molar-refractivity contribution is 4.92. The van der Waals surface area contributed by atoms with Crippen molar-refractivity contribution in [2.24, 2.45) is 5.84 Å². The van der Waals surface area contributed by atoms with Crippen LogP contribution in [0.15, 0.2) is 12.2 Å². The normalized spacial score (nSPS) is 14.2. The molecular weight excluding hydrogens is 228 g/mol. The molecule has 0 saturated carbocycles. The summed E-state index contributed by atoms with van der Waals surface area (Å²) < 4.78 is 52.8. The number of hydrogen-bond donors (Lipinski definition) is 2. The van der Waals surface area contributed by atoms with Crippen LogP contribution < -0.4 is 11.3 Å². The Morgan fingerprint density at radius 3 is 2.44 bits per heavy atom. The van der Waals surface area contributed by atoms with Gasteiger partial charge in [-0.05, 0) is 13.3 Å². The van der Waals surface area contributed by atoms with Gasteiger partial charge < -0.3 is 4.74 Å². The molecule has 0 aliphatic heterocycles. The molecule has 3 nitrogen and oxygen atoms in total. The maximum absolute atomic E-state index is 12.4. The lowest BCUT2D eigenvalue weighted by molar-refractivity contribution is -0.167. The Balaban J connectivity index is 3.91. The van der Waals surface area contributed by atoms with Crippen LogP contribution in [0.3, 0.4) is 0 Å². The van der Waals surface area contributed by atoms with Crippen LogP contribution in [0.5, 0.6) is 0 Å². The van der Waals surface area contributed by atoms with Crippen molar-refractivity contribution in [2.75, 3.05) is 13.2 Å². The van der Waals surface area contributed by atoms with Gasteiger partial charge in [-0.15, -0.1) is 6.58 Å². The van der Waals surface area contributed by atoms with Crippen molar-refractivity contribution >= 4 is 0 Å². The summed E-state index contributed by atoms with van der Waals surface area (Å²) in [5, 5.41) is 0. The SMILES string of the molecule is C=C(C)CC(COCC(F)(F)C(F)F)NN. The summed E-state index contributed by atoms with van der Waals surface area (Å²) in [5.74, 6) is 1.00. The summed E-state index contributed by atoms with van der Waals surface area (Å²) in [6.07, 6.45) is -3.30. The van der Waals surface area contributed by atoms with E-state index in [2.05, 4.69) is 16.7 Å². The molecule has 16 heavy (non-hydrogen) atoms. The van der Waals surface area contributed by atoms with E-state index in [1.54, 1.807) is 6.92 Å². The zero-order chi connectivity index (χ0) is 12.8. The number of halogens is 4. The summed E-state index contributed by atoms with van der Waals surface area (Å²) in [4.78, 5) is 0. The zero-order valence-corrected chi connectivity index (χ0v) is 8.98. The van der Waals surface area contributed by atoms with Crippen molar-refractivity contribution in [2.45, 2.75) is 31.7 Å². The zero-order valence-electron chi connectivity index (χ0n) is 8.98. The van der Waals surface area contributed by atoms with Gasteiger partial charge >= 0.3 is 12.3 Å². The summed E-state index contributed by atoms with van der Waals surface area (Å²) in [6, 6.07) is -0.411. The van der Waals surface area contributed by atoms with Crippen LogP contribution in [0.25, 0.3) is 0 Å². The van der Waals surface area contributed by atoms with E-state index in [4.69, 9.17) is 5.84 Å². The van der Waals surface area contributed by atoms with Crippen molar-refractivity contribution in [3.05, 3.63) is 12.2 Å². The quantitative estimate of drug-likeness (QED) is 0.296. The van der Waals surface area contributed by atoms with Crippen LogP contribution in [-0.4, -0.2) is 31.6 Å². The van der Waals surface area contributed by atoms with Gasteiger partial charge in [-0.25, -0.2) is 8.78 Å². The molecule has 0 radical (unpaired) electrons. The van der Waals surface area contributed by atoms with Crippen molar-refractivity contribution in [3.8, 4) is 0 Å². The molecule has 3 N–H and O–H groups in total. The van der Waals surface area contributed by atoms with Gasteiger partial charge in [0.05, 0.1) is 6.61 Å². The highest BCUT2D eigenvalue weighted by Crippen LogP contribution is 2.22. The molecule has 0 amide bonds. The third-order valence-corrected chi connectivity index (χ3v) is 1.76. The van der Waals surface area contributed by atoms with Crippen LogP contribution >= 0.6 is 0 Å². The van der Waals surface area contributed by atoms with Gasteiger partial charge in [0.25, 0.3) is 0 Å². The predicted molar refractivity (Wildman–Crippen MR) is 52.3 cm³/mol. The summed E-state index contributed by atoms with van der Waals surface area (Å²) in [5.41, 5.74) is 3.12. The summed E-state index contributed by atoms with van der Waals surface area (Å²) >= 11 is 0. The molecule has 7 heteroatoms. The number of ether oxygens (including phenoxy) is 1. The van der Waals surface area contributed by atoms with E-state index in [1.807, 2.05) is 0 Å². The Morgan fingerprint density at radius 1 is 1.50 bits per heavy atom. The molecule has 0 aromatic heterocycles. The second-order valence-electron chi connectivity index (χ2n) is 3.60. The lowest BCUT2D eigenvalue weighted by atomic mass is 10.1. The lowest BCUT2D eigenvalue weighted by Crippen LogP contribution is -2.41. The van der Waals surface area contributed by atoms with Crippen LogP contribution in [0.1, 0.15) is 13.3 Å². The van der Waals surface area contributed by atoms with Crippen LogP contribution in [0.4, 0.5) is 17.6 Å². The van der Waals surface area contributed by atoms with E-state index in [9.17, 15) is 17.6 Å². The van der Waals surface area contributed by atoms with E-state index < -0.39 is 25.0 Å². The van der Waals surface area contributed by atoms with Gasteiger partial charge in [-0.1, -0.05) is 5.57 Å². The molecule has 0 aliphatic carbocycles. The third kappa shape index (κ3) is 6.04. The molecule has 0 aliphatic rings. The standard InChI is InChI=1S/C9H16F4N2O/c1-6(2)3-7(15-14)4-16-5-9(12,13)8(10)11/h7-8,15H,1,3-5,14H2,2H3. The first kappa shape index (κ1) is 15.3. The number of rotatable bonds is 8. The van der Waals surface area contributed by atoms with Crippen LogP contribution in [0, 0.1) is 0 Å². The highest BCUT2D eigenvalue weighted by Gasteiger charge is 2.41. The molecule has 0 bridgehead atoms. The largest absolute Gasteiger partial charge is 0.373 e. The molecule has 0 aromatic carbocycles. The van der Waals surface area contributed by atoms with Gasteiger partial charge in [0.1, 0.15) is 6.61 Å². The minimum absolute atomic E-state index is 0.175. The maximum atomic E-state index is 12.4. The van der Waals surface area contributed by atoms with E-state index in [-0.39, 0.29) is 6.61 Å². The fourth-order valence-corrected chi connectivity index (χ4v) is 0.987. The lowest BCUT2D eigenvalue weighted by Gasteiger charge is -2.19. The molecule has 0 saturated heterocycles. The van der Waals surface area contributed by atoms with Gasteiger partial charge in [0, 0.05) is 6.04 Å². The molecule has 0 rings (SSSR count). The highest BCUT2D eigenvalue weighted by atomic mass is 19.3. The molecule has 0 spiro atoms. The average molecular weight is 244 g/mol. The number of nitrogens with two attached hydrogens (primary N) is 1.